The highest BCUT2D eigenvalue weighted by Gasteiger charge is 2.13. The Morgan fingerprint density at radius 3 is 2.00 bits per heavy atom. The van der Waals surface area contributed by atoms with Gasteiger partial charge < -0.3 is 0 Å². The minimum atomic E-state index is -0.0469. The first kappa shape index (κ1) is 15.0. The molecule has 1 atom stereocenters. The van der Waals surface area contributed by atoms with Crippen molar-refractivity contribution in [2.45, 2.75) is 32.7 Å². The standard InChI is InChI=1S/C17H21ClN2/c1-11(2)13-6-8-14(9-7-13)17(20-19)15-5-4-12(3)16(18)10-15/h4-11,17,20H,19H2,1-3H3. The highest BCUT2D eigenvalue weighted by molar-refractivity contribution is 6.31. The zero-order valence-electron chi connectivity index (χ0n) is 12.2. The van der Waals surface area contributed by atoms with Gasteiger partial charge in [0.15, 0.2) is 0 Å². The fourth-order valence-electron chi connectivity index (χ4n) is 2.25. The van der Waals surface area contributed by atoms with Gasteiger partial charge in [0, 0.05) is 5.02 Å². The molecule has 0 spiro atoms. The zero-order chi connectivity index (χ0) is 14.7. The minimum Gasteiger partial charge on any atom is -0.271 e. The lowest BCUT2D eigenvalue weighted by Crippen LogP contribution is -2.28. The lowest BCUT2D eigenvalue weighted by atomic mass is 9.95. The first-order valence-corrected chi connectivity index (χ1v) is 7.22. The summed E-state index contributed by atoms with van der Waals surface area (Å²) in [6, 6.07) is 14.5. The molecule has 0 radical (unpaired) electrons. The van der Waals surface area contributed by atoms with Crippen molar-refractivity contribution in [1.29, 1.82) is 0 Å². The third kappa shape index (κ3) is 3.21. The molecular weight excluding hydrogens is 268 g/mol. The van der Waals surface area contributed by atoms with E-state index in [1.807, 2.05) is 19.1 Å². The van der Waals surface area contributed by atoms with Crippen LogP contribution in [0.3, 0.4) is 0 Å². The fraction of sp³-hybridized carbons (Fsp3) is 0.294. The third-order valence-electron chi connectivity index (χ3n) is 3.63. The largest absolute Gasteiger partial charge is 0.271 e. The highest BCUT2D eigenvalue weighted by atomic mass is 35.5. The number of benzene rings is 2. The third-order valence-corrected chi connectivity index (χ3v) is 4.04. The molecule has 0 bridgehead atoms. The topological polar surface area (TPSA) is 38.0 Å². The van der Waals surface area contributed by atoms with Crippen LogP contribution in [0.25, 0.3) is 0 Å². The number of halogens is 1. The van der Waals surface area contributed by atoms with E-state index in [-0.39, 0.29) is 6.04 Å². The zero-order valence-corrected chi connectivity index (χ0v) is 12.9. The van der Waals surface area contributed by atoms with Gasteiger partial charge in [0.25, 0.3) is 0 Å². The van der Waals surface area contributed by atoms with E-state index in [1.54, 1.807) is 0 Å². The lowest BCUT2D eigenvalue weighted by Gasteiger charge is -2.18. The minimum absolute atomic E-state index is 0.0469. The Bertz CT molecular complexity index is 576. The molecule has 0 aliphatic carbocycles. The second kappa shape index (κ2) is 6.40. The van der Waals surface area contributed by atoms with E-state index in [9.17, 15) is 0 Å². The van der Waals surface area contributed by atoms with Crippen molar-refractivity contribution in [3.05, 3.63) is 69.7 Å². The predicted molar refractivity (Wildman–Crippen MR) is 85.9 cm³/mol. The van der Waals surface area contributed by atoms with Gasteiger partial charge in [0.05, 0.1) is 6.04 Å². The molecule has 0 aliphatic rings. The summed E-state index contributed by atoms with van der Waals surface area (Å²) in [4.78, 5) is 0. The molecule has 0 saturated carbocycles. The Balaban J connectivity index is 2.33. The van der Waals surface area contributed by atoms with Crippen LogP contribution in [0.2, 0.25) is 5.02 Å². The van der Waals surface area contributed by atoms with Gasteiger partial charge in [0.1, 0.15) is 0 Å². The van der Waals surface area contributed by atoms with Crippen LogP contribution in [0.1, 0.15) is 48.1 Å². The molecule has 3 N–H and O–H groups in total. The Morgan fingerprint density at radius 2 is 1.50 bits per heavy atom. The van der Waals surface area contributed by atoms with Crippen LogP contribution in [0.15, 0.2) is 42.5 Å². The molecule has 0 fully saturated rings. The van der Waals surface area contributed by atoms with Gasteiger partial charge >= 0.3 is 0 Å². The molecule has 2 nitrogen and oxygen atoms in total. The number of hydrogen-bond donors (Lipinski definition) is 2. The highest BCUT2D eigenvalue weighted by Crippen LogP contribution is 2.26. The summed E-state index contributed by atoms with van der Waals surface area (Å²) in [5.74, 6) is 6.26. The SMILES string of the molecule is Cc1ccc(C(NN)c2ccc(C(C)C)cc2)cc1Cl. The van der Waals surface area contributed by atoms with Gasteiger partial charge in [-0.25, -0.2) is 5.43 Å². The summed E-state index contributed by atoms with van der Waals surface area (Å²) < 4.78 is 0. The van der Waals surface area contributed by atoms with Crippen LogP contribution in [0.5, 0.6) is 0 Å². The number of rotatable bonds is 4. The molecular formula is C17H21ClN2. The van der Waals surface area contributed by atoms with Crippen LogP contribution in [0.4, 0.5) is 0 Å². The Morgan fingerprint density at radius 1 is 0.950 bits per heavy atom. The maximum atomic E-state index is 6.20. The van der Waals surface area contributed by atoms with Gasteiger partial charge in [-0.2, -0.15) is 0 Å². The normalized spacial score (nSPS) is 12.7. The van der Waals surface area contributed by atoms with E-state index in [0.29, 0.717) is 5.92 Å². The summed E-state index contributed by atoms with van der Waals surface area (Å²) >= 11 is 6.20. The summed E-state index contributed by atoms with van der Waals surface area (Å²) in [6.07, 6.45) is 0. The van der Waals surface area contributed by atoms with E-state index < -0.39 is 0 Å². The molecule has 2 aromatic rings. The molecule has 2 rings (SSSR count). The van der Waals surface area contributed by atoms with E-state index in [1.165, 1.54) is 5.56 Å². The van der Waals surface area contributed by atoms with Gasteiger partial charge in [-0.05, 0) is 41.2 Å². The van der Waals surface area contributed by atoms with Crippen LogP contribution in [0, 0.1) is 6.92 Å². The van der Waals surface area contributed by atoms with Gasteiger partial charge in [-0.1, -0.05) is 61.8 Å². The van der Waals surface area contributed by atoms with Crippen LogP contribution >= 0.6 is 11.6 Å². The second-order valence-electron chi connectivity index (χ2n) is 5.43. The maximum absolute atomic E-state index is 6.20. The Labute approximate surface area is 125 Å². The van der Waals surface area contributed by atoms with E-state index in [0.717, 1.165) is 21.7 Å². The van der Waals surface area contributed by atoms with E-state index >= 15 is 0 Å². The second-order valence-corrected chi connectivity index (χ2v) is 5.84. The summed E-state index contributed by atoms with van der Waals surface area (Å²) in [6.45, 7) is 6.37. The van der Waals surface area contributed by atoms with Crippen LogP contribution in [-0.2, 0) is 0 Å². The monoisotopic (exact) mass is 288 g/mol. The van der Waals surface area contributed by atoms with E-state index in [4.69, 9.17) is 17.4 Å². The molecule has 106 valence electrons. The first-order valence-electron chi connectivity index (χ1n) is 6.85. The molecule has 3 heteroatoms. The molecule has 0 amide bonds. The molecule has 0 aliphatic heterocycles. The Kier molecular flexibility index (Phi) is 4.81. The van der Waals surface area contributed by atoms with Crippen molar-refractivity contribution in [1.82, 2.24) is 5.43 Å². The number of nitrogens with one attached hydrogen (secondary N) is 1. The number of hydrogen-bond acceptors (Lipinski definition) is 2. The molecule has 0 aromatic heterocycles. The van der Waals surface area contributed by atoms with Crippen molar-refractivity contribution in [2.75, 3.05) is 0 Å². The van der Waals surface area contributed by atoms with Crippen LogP contribution in [-0.4, -0.2) is 0 Å². The number of nitrogens with two attached hydrogens (primary N) is 1. The predicted octanol–water partition coefficient (Wildman–Crippen LogP) is 4.32. The van der Waals surface area contributed by atoms with Gasteiger partial charge in [-0.3, -0.25) is 5.84 Å². The molecule has 1 unspecified atom stereocenters. The van der Waals surface area contributed by atoms with Gasteiger partial charge in [0.2, 0.25) is 0 Å². The van der Waals surface area contributed by atoms with Crippen molar-refractivity contribution in [3.63, 3.8) is 0 Å². The van der Waals surface area contributed by atoms with Crippen molar-refractivity contribution < 1.29 is 0 Å². The lowest BCUT2D eigenvalue weighted by molar-refractivity contribution is 0.636. The van der Waals surface area contributed by atoms with Gasteiger partial charge in [-0.15, -0.1) is 0 Å². The molecule has 20 heavy (non-hydrogen) atoms. The average Bonchev–Trinajstić information content (AvgIpc) is 2.44. The number of aryl methyl sites for hydroxylation is 1. The smallest absolute Gasteiger partial charge is 0.0710 e. The van der Waals surface area contributed by atoms with E-state index in [2.05, 4.69) is 49.6 Å². The van der Waals surface area contributed by atoms with Crippen molar-refractivity contribution >= 4 is 11.6 Å². The van der Waals surface area contributed by atoms with Crippen molar-refractivity contribution in [2.24, 2.45) is 5.84 Å². The summed E-state index contributed by atoms with van der Waals surface area (Å²) in [7, 11) is 0. The molecule has 2 aromatic carbocycles. The fourth-order valence-corrected chi connectivity index (χ4v) is 2.44. The van der Waals surface area contributed by atoms with Crippen LogP contribution < -0.4 is 11.3 Å². The average molecular weight is 289 g/mol. The van der Waals surface area contributed by atoms with Crippen molar-refractivity contribution in [3.8, 4) is 0 Å². The number of hydrazine groups is 1. The molecule has 0 heterocycles. The maximum Gasteiger partial charge on any atom is 0.0710 e. The first-order chi connectivity index (χ1) is 9.52. The quantitative estimate of drug-likeness (QED) is 0.649. The molecule has 0 saturated heterocycles. The summed E-state index contributed by atoms with van der Waals surface area (Å²) in [5, 5.41) is 0.765. The Hall–Kier alpha value is -1.35. The summed E-state index contributed by atoms with van der Waals surface area (Å²) in [5.41, 5.74) is 7.47.